The summed E-state index contributed by atoms with van der Waals surface area (Å²) in [6.07, 6.45) is -2.16. The lowest BCUT2D eigenvalue weighted by Gasteiger charge is -2.14. The van der Waals surface area contributed by atoms with Crippen molar-refractivity contribution in [2.75, 3.05) is 19.5 Å². The number of hydrogen-bond donors (Lipinski definition) is 4. The number of rotatable bonds is 3. The molecule has 150 valence electrons. The Bertz CT molecular complexity index is 1180. The molecule has 1 saturated heterocycles. The minimum absolute atomic E-state index is 0.0553. The first-order valence-corrected chi connectivity index (χ1v) is 8.88. The third-order valence-electron chi connectivity index (χ3n) is 4.63. The van der Waals surface area contributed by atoms with E-state index in [9.17, 15) is 15.0 Å². The third kappa shape index (κ3) is 3.54. The van der Waals surface area contributed by atoms with Gasteiger partial charge in [-0.05, 0) is 24.1 Å². The van der Waals surface area contributed by atoms with Crippen LogP contribution in [0.5, 0.6) is 5.75 Å². The lowest BCUT2D eigenvalue weighted by molar-refractivity contribution is -0.0434. The summed E-state index contributed by atoms with van der Waals surface area (Å²) in [5.74, 6) is 6.71. The molecule has 0 unspecified atom stereocenters. The number of aliphatic hydroxyl groups excluding tert-OH is 2. The molecule has 10 nitrogen and oxygen atoms in total. The summed E-state index contributed by atoms with van der Waals surface area (Å²) in [6.45, 7) is -0.342. The van der Waals surface area contributed by atoms with E-state index in [1.807, 2.05) is 6.07 Å². The van der Waals surface area contributed by atoms with Gasteiger partial charge in [-0.25, -0.2) is 4.98 Å². The van der Waals surface area contributed by atoms with Crippen molar-refractivity contribution >= 4 is 17.1 Å². The van der Waals surface area contributed by atoms with Crippen molar-refractivity contribution in [2.45, 2.75) is 24.9 Å². The number of methoxy groups -OCH3 is 1. The van der Waals surface area contributed by atoms with Crippen LogP contribution < -0.4 is 16.0 Å². The Morgan fingerprint density at radius 1 is 1.41 bits per heavy atom. The van der Waals surface area contributed by atoms with Crippen LogP contribution >= 0.6 is 0 Å². The second-order valence-corrected chi connectivity index (χ2v) is 6.53. The molecular weight excluding hydrogens is 378 g/mol. The zero-order valence-corrected chi connectivity index (χ0v) is 15.5. The van der Waals surface area contributed by atoms with Crippen LogP contribution in [0.3, 0.4) is 0 Å². The Morgan fingerprint density at radius 2 is 2.24 bits per heavy atom. The van der Waals surface area contributed by atoms with Crippen LogP contribution in [-0.2, 0) is 4.74 Å². The first-order chi connectivity index (χ1) is 14.0. The number of anilines is 1. The number of benzene rings is 1. The minimum Gasteiger partial charge on any atom is -0.497 e. The summed E-state index contributed by atoms with van der Waals surface area (Å²) in [5.41, 5.74) is 6.12. The molecular formula is C19H19N5O5. The highest BCUT2D eigenvalue weighted by molar-refractivity contribution is 5.72. The van der Waals surface area contributed by atoms with Gasteiger partial charge in [0.05, 0.1) is 19.8 Å². The van der Waals surface area contributed by atoms with Gasteiger partial charge in [0, 0.05) is 12.0 Å². The number of aliphatic hydroxyl groups is 2. The SMILES string of the molecule is COc1cccc(C#Cc2nc3c(=O)[nH]c(N)nc3n2[C@H]2C[C@H](O)[C@@H](CO)O2)c1. The van der Waals surface area contributed by atoms with Crippen molar-refractivity contribution in [3.8, 4) is 17.6 Å². The molecule has 10 heteroatoms. The molecule has 5 N–H and O–H groups in total. The van der Waals surface area contributed by atoms with E-state index >= 15 is 0 Å². The van der Waals surface area contributed by atoms with Crippen molar-refractivity contribution in [3.63, 3.8) is 0 Å². The standard InChI is InChI=1S/C19H19N5O5/c1-28-11-4-2-3-10(7-11)5-6-14-21-16-17(22-19(20)23-18(16)27)24(14)15-8-12(26)13(9-25)29-15/h2-4,7,12-13,15,25-26H,8-9H2,1H3,(H3,20,22,23,27)/t12-,13+,15+/m0/s1. The average molecular weight is 397 g/mol. The Kier molecular flexibility index (Phi) is 4.94. The molecule has 3 atom stereocenters. The number of nitrogens with two attached hydrogens (primary N) is 1. The summed E-state index contributed by atoms with van der Waals surface area (Å²) in [4.78, 5) is 23.2. The van der Waals surface area contributed by atoms with E-state index in [4.69, 9.17) is 15.2 Å². The van der Waals surface area contributed by atoms with Gasteiger partial charge in [0.2, 0.25) is 5.95 Å². The monoisotopic (exact) mass is 397 g/mol. The maximum atomic E-state index is 12.3. The summed E-state index contributed by atoms with van der Waals surface area (Å²) < 4.78 is 12.4. The number of nitrogens with zero attached hydrogens (tertiary/aromatic N) is 3. The second kappa shape index (κ2) is 7.56. The quantitative estimate of drug-likeness (QED) is 0.442. The molecule has 1 fully saturated rings. The van der Waals surface area contributed by atoms with Gasteiger partial charge in [-0.3, -0.25) is 14.3 Å². The van der Waals surface area contributed by atoms with Gasteiger partial charge >= 0.3 is 0 Å². The molecule has 1 aliphatic heterocycles. The average Bonchev–Trinajstić information content (AvgIpc) is 3.26. The highest BCUT2D eigenvalue weighted by Gasteiger charge is 2.36. The van der Waals surface area contributed by atoms with Gasteiger partial charge in [-0.15, -0.1) is 0 Å². The normalized spacial score (nSPS) is 21.1. The van der Waals surface area contributed by atoms with E-state index in [1.54, 1.807) is 25.3 Å². The Morgan fingerprint density at radius 3 is 2.97 bits per heavy atom. The first-order valence-electron chi connectivity index (χ1n) is 8.88. The van der Waals surface area contributed by atoms with Crippen LogP contribution in [-0.4, -0.2) is 55.7 Å². The fourth-order valence-corrected chi connectivity index (χ4v) is 3.23. The topological polar surface area (TPSA) is 149 Å². The van der Waals surface area contributed by atoms with Gasteiger partial charge in [0.25, 0.3) is 5.56 Å². The number of hydrogen-bond acceptors (Lipinski definition) is 8. The summed E-state index contributed by atoms with van der Waals surface area (Å²) in [5, 5.41) is 19.5. The molecule has 1 aliphatic rings. The maximum absolute atomic E-state index is 12.3. The first kappa shape index (κ1) is 18.9. The summed E-state index contributed by atoms with van der Waals surface area (Å²) in [7, 11) is 1.56. The summed E-state index contributed by atoms with van der Waals surface area (Å²) >= 11 is 0. The Hall–Kier alpha value is -3.39. The zero-order valence-electron chi connectivity index (χ0n) is 15.5. The number of nitrogens with one attached hydrogen (secondary N) is 1. The molecule has 3 heterocycles. The highest BCUT2D eigenvalue weighted by atomic mass is 16.5. The van der Waals surface area contributed by atoms with Gasteiger partial charge < -0.3 is 25.4 Å². The van der Waals surface area contributed by atoms with Crippen LogP contribution in [0, 0.1) is 11.8 Å². The summed E-state index contributed by atoms with van der Waals surface area (Å²) in [6, 6.07) is 7.18. The largest absolute Gasteiger partial charge is 0.497 e. The number of fused-ring (bicyclic) bond motifs is 1. The molecule has 0 saturated carbocycles. The molecule has 29 heavy (non-hydrogen) atoms. The number of imidazole rings is 1. The van der Waals surface area contributed by atoms with E-state index in [0.717, 1.165) is 0 Å². The Balaban J connectivity index is 1.85. The van der Waals surface area contributed by atoms with Gasteiger partial charge in [-0.1, -0.05) is 12.0 Å². The minimum atomic E-state index is -0.874. The van der Waals surface area contributed by atoms with Crippen LogP contribution in [0.1, 0.15) is 24.0 Å². The van der Waals surface area contributed by atoms with Crippen LogP contribution in [0.4, 0.5) is 5.95 Å². The lowest BCUT2D eigenvalue weighted by Crippen LogP contribution is -2.24. The fourth-order valence-electron chi connectivity index (χ4n) is 3.23. The lowest BCUT2D eigenvalue weighted by atomic mass is 10.2. The molecule has 4 rings (SSSR count). The second-order valence-electron chi connectivity index (χ2n) is 6.53. The van der Waals surface area contributed by atoms with Crippen molar-refractivity contribution < 1.29 is 19.7 Å². The molecule has 2 aromatic heterocycles. The molecule has 0 spiro atoms. The highest BCUT2D eigenvalue weighted by Crippen LogP contribution is 2.31. The number of aromatic amines is 1. The fraction of sp³-hybridized carbons (Fsp3) is 0.316. The van der Waals surface area contributed by atoms with Crippen molar-refractivity contribution in [1.29, 1.82) is 0 Å². The number of aromatic nitrogens is 4. The zero-order chi connectivity index (χ0) is 20.5. The van der Waals surface area contributed by atoms with Crippen molar-refractivity contribution in [3.05, 3.63) is 46.0 Å². The van der Waals surface area contributed by atoms with E-state index in [2.05, 4.69) is 26.8 Å². The smallest absolute Gasteiger partial charge is 0.280 e. The molecule has 3 aromatic rings. The molecule has 1 aromatic carbocycles. The number of ether oxygens (including phenoxy) is 2. The van der Waals surface area contributed by atoms with E-state index in [-0.39, 0.29) is 36.0 Å². The van der Waals surface area contributed by atoms with Crippen LogP contribution in [0.15, 0.2) is 29.1 Å². The van der Waals surface area contributed by atoms with Crippen molar-refractivity contribution in [2.24, 2.45) is 0 Å². The van der Waals surface area contributed by atoms with Crippen LogP contribution in [0.2, 0.25) is 0 Å². The maximum Gasteiger partial charge on any atom is 0.280 e. The third-order valence-corrected chi connectivity index (χ3v) is 4.63. The molecule has 0 aliphatic carbocycles. The van der Waals surface area contributed by atoms with Crippen LogP contribution in [0.25, 0.3) is 11.2 Å². The van der Waals surface area contributed by atoms with E-state index < -0.39 is 24.0 Å². The van der Waals surface area contributed by atoms with E-state index in [1.165, 1.54) is 4.57 Å². The predicted molar refractivity (Wildman–Crippen MR) is 103 cm³/mol. The Labute approximate surface area is 164 Å². The van der Waals surface area contributed by atoms with Gasteiger partial charge in [0.15, 0.2) is 17.0 Å². The predicted octanol–water partition coefficient (Wildman–Crippen LogP) is -0.249. The molecule has 0 bridgehead atoms. The van der Waals surface area contributed by atoms with E-state index in [0.29, 0.717) is 11.3 Å². The number of nitrogen functional groups attached to an aromatic ring is 1. The number of H-pyrrole nitrogens is 1. The molecule has 0 radical (unpaired) electrons. The van der Waals surface area contributed by atoms with Gasteiger partial charge in [-0.2, -0.15) is 4.98 Å². The van der Waals surface area contributed by atoms with Crippen molar-refractivity contribution in [1.82, 2.24) is 19.5 Å². The van der Waals surface area contributed by atoms with Gasteiger partial charge in [0.1, 0.15) is 18.1 Å². The molecule has 0 amide bonds.